The molecule has 4 bridgehead atoms. The van der Waals surface area contributed by atoms with Crippen molar-refractivity contribution < 1.29 is 53.7 Å². The highest BCUT2D eigenvalue weighted by Gasteiger charge is 2.34. The van der Waals surface area contributed by atoms with Crippen molar-refractivity contribution in [1.29, 1.82) is 0 Å². The molecule has 2 aromatic carbocycles. The minimum absolute atomic E-state index is 0.101. The van der Waals surface area contributed by atoms with E-state index in [1.807, 2.05) is 0 Å². The number of carbonyl (C=O) groups excluding carboxylic acids is 8. The van der Waals surface area contributed by atoms with E-state index < -0.39 is 90.3 Å². The van der Waals surface area contributed by atoms with Crippen LogP contribution in [0, 0.1) is 5.92 Å². The Morgan fingerprint density at radius 1 is 0.735 bits per heavy atom. The zero-order chi connectivity index (χ0) is 50.5. The third-order valence-corrected chi connectivity index (χ3v) is 12.8. The van der Waals surface area contributed by atoms with Gasteiger partial charge in [0.15, 0.2) is 11.6 Å². The zero-order valence-electron chi connectivity index (χ0n) is 40.9. The van der Waals surface area contributed by atoms with Gasteiger partial charge in [-0.3, -0.25) is 38.4 Å². The minimum Gasteiger partial charge on any atom is -0.507 e. The highest BCUT2D eigenvalue weighted by atomic mass is 16.3. The average molecular weight is 949 g/mol. The van der Waals surface area contributed by atoms with Gasteiger partial charge in [0.05, 0.1) is 12.6 Å². The fraction of sp³-hybridized carbons (Fsp3) is 0.608. The van der Waals surface area contributed by atoms with Gasteiger partial charge in [0.2, 0.25) is 35.4 Å². The molecule has 1 aliphatic rings. The SMILES string of the molecule is CCCCCCCCCCCCCCCC(=O)N(C)[C@H](CO)C(=O)N[C@H](C)C(=O)CCC(=O)N(C)[C@@H]1C(=O)C[C@@H](C)C(=O)N[C@H](C(=O)N[C@@H](C)C(N)=O)Cc2ccc(O)c(c2)-c2cc1ccc2O. The average Bonchev–Trinajstić information content (AvgIpc) is 3.30. The molecule has 3 rings (SSSR count). The lowest BCUT2D eigenvalue weighted by Gasteiger charge is -2.30. The number of hydrogen-bond acceptors (Lipinski definition) is 11. The number of benzene rings is 2. The second kappa shape index (κ2) is 28.5. The van der Waals surface area contributed by atoms with Crippen molar-refractivity contribution in [3.8, 4) is 22.6 Å². The fourth-order valence-corrected chi connectivity index (χ4v) is 8.32. The number of aromatic hydroxyl groups is 2. The Bertz CT molecular complexity index is 2060. The highest BCUT2D eigenvalue weighted by molar-refractivity contribution is 5.97. The number of Topliss-reactive ketones (excluding diaryl/α,β-unsaturated/α-hetero) is 2. The molecule has 6 amide bonds. The van der Waals surface area contributed by atoms with Crippen LogP contribution in [0.15, 0.2) is 36.4 Å². The van der Waals surface area contributed by atoms with Crippen molar-refractivity contribution in [1.82, 2.24) is 25.8 Å². The number of carbonyl (C=O) groups is 8. The molecule has 6 atom stereocenters. The van der Waals surface area contributed by atoms with Crippen molar-refractivity contribution >= 4 is 47.0 Å². The second-order valence-corrected chi connectivity index (χ2v) is 18.4. The van der Waals surface area contributed by atoms with Gasteiger partial charge in [0, 0.05) is 63.2 Å². The van der Waals surface area contributed by atoms with Crippen LogP contribution in [0.1, 0.15) is 154 Å². The number of primary amides is 1. The number of aliphatic hydroxyl groups excluding tert-OH is 1. The molecule has 376 valence electrons. The van der Waals surface area contributed by atoms with Crippen molar-refractivity contribution in [3.63, 3.8) is 0 Å². The molecule has 0 spiro atoms. The van der Waals surface area contributed by atoms with Crippen LogP contribution in [0.3, 0.4) is 0 Å². The number of ketones is 2. The number of nitrogens with one attached hydrogen (secondary N) is 3. The molecule has 0 aromatic heterocycles. The lowest BCUT2D eigenvalue weighted by atomic mass is 9.89. The first-order valence-electron chi connectivity index (χ1n) is 24.3. The first-order chi connectivity index (χ1) is 32.3. The molecule has 0 fully saturated rings. The lowest BCUT2D eigenvalue weighted by Crippen LogP contribution is -2.53. The number of unbranched alkanes of at least 4 members (excludes halogenated alkanes) is 12. The van der Waals surface area contributed by atoms with Crippen molar-refractivity contribution in [3.05, 3.63) is 47.5 Å². The van der Waals surface area contributed by atoms with Crippen molar-refractivity contribution in [2.24, 2.45) is 11.7 Å². The van der Waals surface area contributed by atoms with E-state index in [1.165, 1.54) is 134 Å². The van der Waals surface area contributed by atoms with Gasteiger partial charge in [-0.15, -0.1) is 0 Å². The van der Waals surface area contributed by atoms with Gasteiger partial charge in [-0.05, 0) is 55.7 Å². The number of nitrogens with two attached hydrogens (primary N) is 1. The summed E-state index contributed by atoms with van der Waals surface area (Å²) in [4.78, 5) is 109. The third-order valence-electron chi connectivity index (χ3n) is 12.8. The first kappa shape index (κ1) is 56.5. The summed E-state index contributed by atoms with van der Waals surface area (Å²) in [5.41, 5.74) is 6.27. The van der Waals surface area contributed by atoms with Crippen LogP contribution < -0.4 is 21.7 Å². The topological polar surface area (TPSA) is 266 Å². The van der Waals surface area contributed by atoms with Gasteiger partial charge in [-0.2, -0.15) is 0 Å². The summed E-state index contributed by atoms with van der Waals surface area (Å²) in [6.45, 7) is 5.85. The van der Waals surface area contributed by atoms with Crippen LogP contribution in [0.5, 0.6) is 11.5 Å². The molecule has 0 saturated heterocycles. The molecule has 0 aliphatic carbocycles. The van der Waals surface area contributed by atoms with Gasteiger partial charge in [-0.1, -0.05) is 103 Å². The molecule has 0 unspecified atom stereocenters. The van der Waals surface area contributed by atoms with E-state index in [1.54, 1.807) is 0 Å². The van der Waals surface area contributed by atoms with Crippen LogP contribution >= 0.6 is 0 Å². The summed E-state index contributed by atoms with van der Waals surface area (Å²) in [5, 5.41) is 39.7. The Kier molecular flexibility index (Phi) is 23.7. The first-order valence-corrected chi connectivity index (χ1v) is 24.3. The molecule has 0 saturated carbocycles. The Morgan fingerprint density at radius 3 is 1.87 bits per heavy atom. The fourth-order valence-electron chi connectivity index (χ4n) is 8.32. The number of rotatable bonds is 26. The largest absolute Gasteiger partial charge is 0.507 e. The summed E-state index contributed by atoms with van der Waals surface area (Å²) >= 11 is 0. The molecule has 0 radical (unpaired) electrons. The number of aliphatic hydroxyl groups is 1. The van der Waals surface area contributed by atoms with E-state index in [0.29, 0.717) is 12.0 Å². The molecule has 68 heavy (non-hydrogen) atoms. The number of hydrogen-bond donors (Lipinski definition) is 7. The Balaban J connectivity index is 1.65. The normalized spacial score (nSPS) is 17.4. The van der Waals surface area contributed by atoms with E-state index in [0.717, 1.165) is 24.2 Å². The molecule has 8 N–H and O–H groups in total. The molecular formula is C51H76N6O11. The Hall–Kier alpha value is -5.84. The van der Waals surface area contributed by atoms with E-state index in [-0.39, 0.29) is 59.8 Å². The lowest BCUT2D eigenvalue weighted by molar-refractivity contribution is -0.142. The van der Waals surface area contributed by atoms with Crippen LogP contribution in [-0.2, 0) is 44.8 Å². The number of amides is 6. The minimum atomic E-state index is -1.34. The van der Waals surface area contributed by atoms with E-state index in [4.69, 9.17) is 5.73 Å². The summed E-state index contributed by atoms with van der Waals surface area (Å²) in [6.07, 6.45) is 14.1. The maximum atomic E-state index is 14.2. The van der Waals surface area contributed by atoms with Crippen LogP contribution in [0.4, 0.5) is 0 Å². The number of phenols is 2. The number of nitrogens with zero attached hydrogens (tertiary/aromatic N) is 2. The van der Waals surface area contributed by atoms with E-state index in [2.05, 4.69) is 22.9 Å². The molecule has 17 nitrogen and oxygen atoms in total. The highest BCUT2D eigenvalue weighted by Crippen LogP contribution is 2.39. The van der Waals surface area contributed by atoms with Gasteiger partial charge < -0.3 is 46.8 Å². The molecule has 1 aliphatic heterocycles. The van der Waals surface area contributed by atoms with Gasteiger partial charge >= 0.3 is 0 Å². The van der Waals surface area contributed by atoms with Crippen LogP contribution in [-0.4, -0.2) is 117 Å². The zero-order valence-corrected chi connectivity index (χ0v) is 40.9. The summed E-state index contributed by atoms with van der Waals surface area (Å²) in [7, 11) is 2.79. The summed E-state index contributed by atoms with van der Waals surface area (Å²) in [6, 6.07) is 2.57. The van der Waals surface area contributed by atoms with Gasteiger partial charge in [-0.25, -0.2) is 0 Å². The Labute approximate surface area is 401 Å². The van der Waals surface area contributed by atoms with Crippen LogP contribution in [0.25, 0.3) is 11.1 Å². The summed E-state index contributed by atoms with van der Waals surface area (Å²) < 4.78 is 0. The van der Waals surface area contributed by atoms with Crippen molar-refractivity contribution in [2.75, 3.05) is 20.7 Å². The van der Waals surface area contributed by atoms with Crippen LogP contribution in [0.2, 0.25) is 0 Å². The smallest absolute Gasteiger partial charge is 0.245 e. The number of phenolic OH excluding ortho intramolecular Hbond substituents is 2. The second-order valence-electron chi connectivity index (χ2n) is 18.4. The van der Waals surface area contributed by atoms with Gasteiger partial charge in [0.25, 0.3) is 0 Å². The monoisotopic (exact) mass is 949 g/mol. The molecule has 1 heterocycles. The Morgan fingerprint density at radius 2 is 1.29 bits per heavy atom. The standard InChI is InChI=1S/C51H76N6O11/c1-7-8-9-10-11-12-13-14-15-16-17-18-19-20-45(63)56(5)40(31-58)51(68)53-33(3)41(59)25-26-46(64)57(6)47-36-22-24-43(61)38(30-36)37-28-35(21-23-42(37)60)29-39(50(67)54-34(4)48(52)65)55-49(66)32(2)27-44(47)62/h21-24,28,30,32-34,39-40,47,58,60-61H,7-20,25-27,29,31H2,1-6H3,(H2,52,65)(H,53,68)(H,54,67)(H,55,66)/t32-,33-,34+,39+,40-,47+/m1/s1. The maximum Gasteiger partial charge on any atom is 0.245 e. The number of likely N-dealkylation sites (N-methyl/N-ethyl adjacent to an activating group) is 2. The molecule has 17 heteroatoms. The van der Waals surface area contributed by atoms with Crippen molar-refractivity contribution in [2.45, 2.75) is 173 Å². The van der Waals surface area contributed by atoms with E-state index in [9.17, 15) is 53.7 Å². The predicted molar refractivity (Wildman–Crippen MR) is 258 cm³/mol. The predicted octanol–water partition coefficient (Wildman–Crippen LogP) is 5.05. The molecule has 2 aromatic rings. The van der Waals surface area contributed by atoms with Gasteiger partial charge in [0.1, 0.15) is 35.7 Å². The van der Waals surface area contributed by atoms with E-state index >= 15 is 0 Å². The number of fused-ring (bicyclic) bond motifs is 5. The maximum absolute atomic E-state index is 14.2. The molecular weight excluding hydrogens is 873 g/mol. The quantitative estimate of drug-likeness (QED) is 0.0614. The third kappa shape index (κ3) is 17.4. The summed E-state index contributed by atoms with van der Waals surface area (Å²) in [5.74, 6) is -6.52.